The average molecular weight is 300 g/mol. The number of hydrogen-bond acceptors (Lipinski definition) is 5. The Kier molecular flexibility index (Phi) is 2.62. The molecule has 1 aromatic rings. The van der Waals surface area contributed by atoms with Crippen LogP contribution < -0.4 is 14.7 Å². The lowest BCUT2D eigenvalue weighted by Gasteiger charge is -2.24. The van der Waals surface area contributed by atoms with Crippen LogP contribution in [0.15, 0.2) is 36.4 Å². The van der Waals surface area contributed by atoms with Crippen molar-refractivity contribution in [2.75, 3.05) is 18.6 Å². The van der Waals surface area contributed by atoms with E-state index in [1.165, 1.54) is 0 Å². The number of nitrogens with zero attached hydrogens (tertiary/aromatic N) is 1. The summed E-state index contributed by atoms with van der Waals surface area (Å²) >= 11 is 0. The van der Waals surface area contributed by atoms with Gasteiger partial charge in [-0.25, -0.2) is 0 Å². The molecule has 6 nitrogen and oxygen atoms in total. The van der Waals surface area contributed by atoms with Crippen molar-refractivity contribution in [1.29, 1.82) is 0 Å². The molecule has 1 aromatic carbocycles. The highest BCUT2D eigenvalue weighted by Crippen LogP contribution is 2.52. The molecule has 0 radical (unpaired) electrons. The lowest BCUT2D eigenvalue weighted by atomic mass is 9.77. The van der Waals surface area contributed by atoms with E-state index < -0.39 is 29.5 Å². The maximum Gasteiger partial charge on any atom is 0.234 e. The van der Waals surface area contributed by atoms with Crippen molar-refractivity contribution in [3.05, 3.63) is 36.4 Å². The summed E-state index contributed by atoms with van der Waals surface area (Å²) in [5.41, 5.74) is -0.180. The molecule has 1 spiro atoms. The molecular formula is C16H14NO5-. The van der Waals surface area contributed by atoms with E-state index in [0.29, 0.717) is 18.0 Å². The number of hydrogen-bond donors (Lipinski definition) is 0. The Morgan fingerprint density at radius 2 is 2.32 bits per heavy atom. The zero-order valence-corrected chi connectivity index (χ0v) is 11.9. The van der Waals surface area contributed by atoms with Crippen LogP contribution in [0.5, 0.6) is 5.75 Å². The molecule has 1 amide bonds. The van der Waals surface area contributed by atoms with Gasteiger partial charge < -0.3 is 24.3 Å². The number of methoxy groups -OCH3 is 1. The van der Waals surface area contributed by atoms with E-state index in [4.69, 9.17) is 9.47 Å². The quantitative estimate of drug-likeness (QED) is 0.718. The molecule has 0 aromatic heterocycles. The number of amides is 1. The van der Waals surface area contributed by atoms with Gasteiger partial charge in [0.25, 0.3) is 0 Å². The van der Waals surface area contributed by atoms with Gasteiger partial charge in [0.15, 0.2) is 0 Å². The number of benzene rings is 1. The van der Waals surface area contributed by atoms with Gasteiger partial charge in [-0.05, 0) is 12.1 Å². The van der Waals surface area contributed by atoms with Crippen molar-refractivity contribution in [2.24, 2.45) is 11.8 Å². The van der Waals surface area contributed by atoms with Crippen molar-refractivity contribution < 1.29 is 24.2 Å². The van der Waals surface area contributed by atoms with E-state index in [0.717, 1.165) is 0 Å². The number of ether oxygens (including phenoxy) is 2. The van der Waals surface area contributed by atoms with Gasteiger partial charge in [0, 0.05) is 23.6 Å². The van der Waals surface area contributed by atoms with Gasteiger partial charge in [0.05, 0.1) is 25.7 Å². The van der Waals surface area contributed by atoms with Crippen LogP contribution in [-0.4, -0.2) is 37.2 Å². The SMILES string of the molecule is COc1cccc(N2C[C@@]34C=C[C@H](O3)[C@H](C(=O)[O-])[C@H]4C2=O)c1. The first kappa shape index (κ1) is 13.3. The Morgan fingerprint density at radius 3 is 3.05 bits per heavy atom. The molecule has 0 aliphatic carbocycles. The zero-order chi connectivity index (χ0) is 15.5. The topological polar surface area (TPSA) is 78.9 Å². The number of aliphatic carboxylic acids is 1. The van der Waals surface area contributed by atoms with Crippen molar-refractivity contribution >= 4 is 17.6 Å². The maximum absolute atomic E-state index is 12.8. The molecule has 0 N–H and O–H groups in total. The van der Waals surface area contributed by atoms with Gasteiger partial charge in [-0.15, -0.1) is 0 Å². The number of anilines is 1. The van der Waals surface area contributed by atoms with Gasteiger partial charge in [-0.1, -0.05) is 18.2 Å². The van der Waals surface area contributed by atoms with E-state index >= 15 is 0 Å². The highest BCUT2D eigenvalue weighted by molar-refractivity contribution is 6.02. The molecule has 2 fully saturated rings. The summed E-state index contributed by atoms with van der Waals surface area (Å²) in [6, 6.07) is 7.12. The first-order valence-electron chi connectivity index (χ1n) is 7.09. The average Bonchev–Trinajstić information content (AvgIpc) is 3.15. The van der Waals surface area contributed by atoms with Crippen LogP contribution in [0.3, 0.4) is 0 Å². The number of carboxylic acid groups (broad SMARTS) is 1. The Hall–Kier alpha value is -2.34. The van der Waals surface area contributed by atoms with Crippen molar-refractivity contribution in [2.45, 2.75) is 11.7 Å². The van der Waals surface area contributed by atoms with Crippen molar-refractivity contribution in [1.82, 2.24) is 0 Å². The molecule has 3 heterocycles. The molecule has 3 aliphatic rings. The number of carbonyl (C=O) groups excluding carboxylic acids is 2. The molecular weight excluding hydrogens is 286 g/mol. The van der Waals surface area contributed by atoms with Crippen LogP contribution in [0.2, 0.25) is 0 Å². The van der Waals surface area contributed by atoms with Gasteiger partial charge in [0.2, 0.25) is 5.91 Å². The van der Waals surface area contributed by atoms with Crippen LogP contribution in [0.4, 0.5) is 5.69 Å². The summed E-state index contributed by atoms with van der Waals surface area (Å²) in [4.78, 5) is 25.7. The van der Waals surface area contributed by atoms with Gasteiger partial charge >= 0.3 is 0 Å². The van der Waals surface area contributed by atoms with Crippen LogP contribution in [0, 0.1) is 11.8 Å². The van der Waals surface area contributed by atoms with E-state index in [9.17, 15) is 14.7 Å². The molecule has 6 heteroatoms. The lowest BCUT2D eigenvalue weighted by molar-refractivity contribution is -0.313. The van der Waals surface area contributed by atoms with Crippen LogP contribution >= 0.6 is 0 Å². The number of carbonyl (C=O) groups is 2. The second-order valence-electron chi connectivity index (χ2n) is 5.84. The first-order chi connectivity index (χ1) is 10.6. The number of carboxylic acids is 1. The standard InChI is InChI=1S/C16H15NO5/c1-21-10-4-2-3-9(7-10)17-8-16-6-5-11(22-16)12(15(19)20)13(16)14(17)18/h2-7,11-13H,8H2,1H3,(H,19,20)/p-1/t11-,12-,13-,16+/m0/s1. The molecule has 22 heavy (non-hydrogen) atoms. The minimum atomic E-state index is -1.23. The summed E-state index contributed by atoms with van der Waals surface area (Å²) in [7, 11) is 1.55. The van der Waals surface area contributed by atoms with Crippen molar-refractivity contribution in [3.63, 3.8) is 0 Å². The number of fused-ring (bicyclic) bond motifs is 1. The van der Waals surface area contributed by atoms with Gasteiger partial charge in [0.1, 0.15) is 11.4 Å². The highest BCUT2D eigenvalue weighted by Gasteiger charge is 2.65. The summed E-state index contributed by atoms with van der Waals surface area (Å²) in [6.07, 6.45) is 2.98. The smallest absolute Gasteiger partial charge is 0.234 e. The van der Waals surface area contributed by atoms with E-state index in [1.54, 1.807) is 42.4 Å². The van der Waals surface area contributed by atoms with Crippen LogP contribution in [0.25, 0.3) is 0 Å². The van der Waals surface area contributed by atoms with Crippen LogP contribution in [0.1, 0.15) is 0 Å². The lowest BCUT2D eigenvalue weighted by Crippen LogP contribution is -2.45. The number of rotatable bonds is 3. The molecule has 114 valence electrons. The molecule has 2 bridgehead atoms. The second kappa shape index (κ2) is 4.33. The van der Waals surface area contributed by atoms with E-state index in [2.05, 4.69) is 0 Å². The predicted molar refractivity (Wildman–Crippen MR) is 74.1 cm³/mol. The fourth-order valence-electron chi connectivity index (χ4n) is 3.76. The highest BCUT2D eigenvalue weighted by atomic mass is 16.5. The van der Waals surface area contributed by atoms with Crippen LogP contribution in [-0.2, 0) is 14.3 Å². The zero-order valence-electron chi connectivity index (χ0n) is 11.9. The Balaban J connectivity index is 1.73. The third-order valence-corrected chi connectivity index (χ3v) is 4.74. The molecule has 4 atom stereocenters. The predicted octanol–water partition coefficient (Wildman–Crippen LogP) is -0.269. The molecule has 4 rings (SSSR count). The summed E-state index contributed by atoms with van der Waals surface area (Å²) in [5.74, 6) is -2.49. The Morgan fingerprint density at radius 1 is 1.50 bits per heavy atom. The summed E-state index contributed by atoms with van der Waals surface area (Å²) < 4.78 is 11.0. The minimum Gasteiger partial charge on any atom is -0.550 e. The normalized spacial score (nSPS) is 35.0. The molecule has 0 unspecified atom stereocenters. The molecule has 2 saturated heterocycles. The summed E-state index contributed by atoms with van der Waals surface area (Å²) in [6.45, 7) is 0.306. The molecule has 0 saturated carbocycles. The van der Waals surface area contributed by atoms with Crippen molar-refractivity contribution in [3.8, 4) is 5.75 Å². The summed E-state index contributed by atoms with van der Waals surface area (Å²) in [5, 5.41) is 11.4. The van der Waals surface area contributed by atoms with Gasteiger partial charge in [-0.3, -0.25) is 4.79 Å². The third kappa shape index (κ3) is 1.58. The second-order valence-corrected chi connectivity index (χ2v) is 5.84. The van der Waals surface area contributed by atoms with Gasteiger partial charge in [-0.2, -0.15) is 0 Å². The van der Waals surface area contributed by atoms with E-state index in [-0.39, 0.29) is 5.91 Å². The fraction of sp³-hybridized carbons (Fsp3) is 0.375. The maximum atomic E-state index is 12.8. The first-order valence-corrected chi connectivity index (χ1v) is 7.09. The monoisotopic (exact) mass is 300 g/mol. The minimum absolute atomic E-state index is 0.241. The van der Waals surface area contributed by atoms with E-state index in [1.807, 2.05) is 6.08 Å². The third-order valence-electron chi connectivity index (χ3n) is 4.74. The Bertz CT molecular complexity index is 700. The molecule has 3 aliphatic heterocycles. The Labute approximate surface area is 126 Å². The fourth-order valence-corrected chi connectivity index (χ4v) is 3.76. The largest absolute Gasteiger partial charge is 0.550 e.